The molecule has 0 radical (unpaired) electrons. The normalized spacial score (nSPS) is 10.5. The number of nitrogens with zero attached hydrogens (tertiary/aromatic N) is 2. The maximum atomic E-state index is 11.5. The number of esters is 1. The summed E-state index contributed by atoms with van der Waals surface area (Å²) in [5, 5.41) is 6.55. The predicted octanol–water partition coefficient (Wildman–Crippen LogP) is 3.87. The molecule has 0 saturated heterocycles. The number of nitrogens with one attached hydrogen (secondary N) is 1. The number of hydrogen-bond acceptors (Lipinski definition) is 8. The van der Waals surface area contributed by atoms with Gasteiger partial charge in [0.25, 0.3) is 0 Å². The Bertz CT molecular complexity index is 877. The molecule has 0 aliphatic heterocycles. The van der Waals surface area contributed by atoms with Crippen LogP contribution in [0, 0.1) is 12.3 Å². The maximum absolute atomic E-state index is 11.5. The van der Waals surface area contributed by atoms with E-state index < -0.39 is 0 Å². The zero-order chi connectivity index (χ0) is 20.4. The number of ether oxygens (including phenoxy) is 3. The summed E-state index contributed by atoms with van der Waals surface area (Å²) < 4.78 is 16.8. The van der Waals surface area contributed by atoms with E-state index in [9.17, 15) is 4.79 Å². The minimum absolute atomic E-state index is 0.137. The van der Waals surface area contributed by atoms with Gasteiger partial charge in [-0.25, -0.2) is 4.98 Å². The highest BCUT2D eigenvalue weighted by Gasteiger charge is 2.10. The van der Waals surface area contributed by atoms with Gasteiger partial charge < -0.3 is 14.2 Å². The fraction of sp³-hybridized carbons (Fsp3) is 0.316. The van der Waals surface area contributed by atoms with Crippen molar-refractivity contribution in [3.05, 3.63) is 33.2 Å². The smallest absolute Gasteiger partial charge is 0.311 e. The lowest BCUT2D eigenvalue weighted by Gasteiger charge is -2.12. The van der Waals surface area contributed by atoms with Gasteiger partial charge >= 0.3 is 5.97 Å². The average molecular weight is 466 g/mol. The molecule has 1 aromatic carbocycles. The van der Waals surface area contributed by atoms with Gasteiger partial charge in [0, 0.05) is 15.4 Å². The summed E-state index contributed by atoms with van der Waals surface area (Å²) in [4.78, 5) is 15.8. The molecule has 1 heterocycles. The van der Waals surface area contributed by atoms with Crippen molar-refractivity contribution in [3.8, 4) is 23.8 Å². The first-order valence-corrected chi connectivity index (χ1v) is 10.2. The zero-order valence-corrected chi connectivity index (χ0v) is 17.9. The van der Waals surface area contributed by atoms with Crippen LogP contribution in [0.4, 0.5) is 5.13 Å². The number of hydrazone groups is 1. The molecule has 0 bridgehead atoms. The molecule has 28 heavy (non-hydrogen) atoms. The first-order chi connectivity index (χ1) is 13.6. The van der Waals surface area contributed by atoms with Crippen molar-refractivity contribution in [2.45, 2.75) is 20.3 Å². The van der Waals surface area contributed by atoms with Crippen LogP contribution >= 0.6 is 27.3 Å². The van der Waals surface area contributed by atoms with Crippen LogP contribution in [0.2, 0.25) is 0 Å². The number of benzene rings is 1. The Labute approximate surface area is 176 Å². The summed E-state index contributed by atoms with van der Waals surface area (Å²) in [6, 6.07) is 3.59. The van der Waals surface area contributed by atoms with E-state index in [1.165, 1.54) is 11.3 Å². The van der Waals surface area contributed by atoms with E-state index in [0.29, 0.717) is 35.5 Å². The molecule has 0 aliphatic rings. The molecule has 0 saturated carbocycles. The molecule has 2 rings (SSSR count). The van der Waals surface area contributed by atoms with E-state index in [2.05, 4.69) is 37.4 Å². The molecule has 0 fully saturated rings. The van der Waals surface area contributed by atoms with E-state index in [1.807, 2.05) is 6.92 Å². The largest absolute Gasteiger partial charge is 0.490 e. The van der Waals surface area contributed by atoms with Crippen LogP contribution in [0.15, 0.2) is 27.1 Å². The number of hydrogen-bond donors (Lipinski definition) is 1. The molecular weight excluding hydrogens is 446 g/mol. The lowest BCUT2D eigenvalue weighted by Crippen LogP contribution is -2.07. The summed E-state index contributed by atoms with van der Waals surface area (Å²) in [6.45, 7) is 4.65. The van der Waals surface area contributed by atoms with Gasteiger partial charge in [-0.05, 0) is 41.9 Å². The van der Waals surface area contributed by atoms with Gasteiger partial charge in [0.1, 0.15) is 6.61 Å². The van der Waals surface area contributed by atoms with Crippen molar-refractivity contribution in [3.63, 3.8) is 0 Å². The van der Waals surface area contributed by atoms with E-state index in [4.69, 9.17) is 20.6 Å². The monoisotopic (exact) mass is 465 g/mol. The highest BCUT2D eigenvalue weighted by atomic mass is 79.9. The summed E-state index contributed by atoms with van der Waals surface area (Å²) in [6.07, 6.45) is 7.01. The molecule has 1 N–H and O–H groups in total. The molecule has 2 aromatic rings. The van der Waals surface area contributed by atoms with Gasteiger partial charge in [0.05, 0.1) is 31.5 Å². The minimum Gasteiger partial charge on any atom is -0.490 e. The predicted molar refractivity (Wildman–Crippen MR) is 113 cm³/mol. The Morgan fingerprint density at radius 2 is 2.14 bits per heavy atom. The van der Waals surface area contributed by atoms with Crippen LogP contribution in [0.3, 0.4) is 0 Å². The van der Waals surface area contributed by atoms with Gasteiger partial charge in [-0.2, -0.15) is 5.10 Å². The van der Waals surface area contributed by atoms with Crippen LogP contribution in [-0.2, 0) is 16.0 Å². The molecule has 0 atom stereocenters. The average Bonchev–Trinajstić information content (AvgIpc) is 3.10. The first-order valence-electron chi connectivity index (χ1n) is 8.49. The maximum Gasteiger partial charge on any atom is 0.311 e. The van der Waals surface area contributed by atoms with E-state index in [-0.39, 0.29) is 19.0 Å². The zero-order valence-electron chi connectivity index (χ0n) is 15.5. The molecular formula is C19H20BrN3O4S. The molecule has 0 aliphatic carbocycles. The molecule has 7 nitrogen and oxygen atoms in total. The SMILES string of the molecule is C#CCOc1cc(Br)c(C=NNc2nc(CC(=O)OCC)cs2)cc1OCC. The summed E-state index contributed by atoms with van der Waals surface area (Å²) >= 11 is 4.84. The summed E-state index contributed by atoms with van der Waals surface area (Å²) in [7, 11) is 0. The molecule has 9 heteroatoms. The second kappa shape index (κ2) is 11.3. The second-order valence-corrected chi connectivity index (χ2v) is 6.95. The molecule has 0 amide bonds. The minimum atomic E-state index is -0.303. The number of carbonyl (C=O) groups is 1. The van der Waals surface area contributed by atoms with E-state index in [1.54, 1.807) is 30.7 Å². The second-order valence-electron chi connectivity index (χ2n) is 5.24. The van der Waals surface area contributed by atoms with Gasteiger partial charge in [-0.15, -0.1) is 17.8 Å². The van der Waals surface area contributed by atoms with Crippen molar-refractivity contribution in [2.75, 3.05) is 25.2 Å². The van der Waals surface area contributed by atoms with E-state index in [0.717, 1.165) is 10.0 Å². The van der Waals surface area contributed by atoms with E-state index >= 15 is 0 Å². The third-order valence-electron chi connectivity index (χ3n) is 3.22. The highest BCUT2D eigenvalue weighted by Crippen LogP contribution is 2.33. The fourth-order valence-corrected chi connectivity index (χ4v) is 3.19. The number of carbonyl (C=O) groups excluding carboxylic acids is 1. The van der Waals surface area contributed by atoms with Crippen molar-refractivity contribution in [1.82, 2.24) is 4.98 Å². The number of thiazole rings is 1. The summed E-state index contributed by atoms with van der Waals surface area (Å²) in [5.41, 5.74) is 4.27. The number of aromatic nitrogens is 1. The number of terminal acetylenes is 1. The third kappa shape index (κ3) is 6.55. The van der Waals surface area contributed by atoms with Crippen molar-refractivity contribution >= 4 is 44.6 Å². The van der Waals surface area contributed by atoms with Gasteiger partial charge in [-0.3, -0.25) is 10.2 Å². The van der Waals surface area contributed by atoms with Gasteiger partial charge in [-0.1, -0.05) is 5.92 Å². The Balaban J connectivity index is 2.05. The van der Waals surface area contributed by atoms with Crippen molar-refractivity contribution in [1.29, 1.82) is 0 Å². The Morgan fingerprint density at radius 1 is 1.36 bits per heavy atom. The number of rotatable bonds is 10. The standard InChI is InChI=1S/C19H20BrN3O4S/c1-4-7-27-17-10-15(20)13(8-16(17)25-5-2)11-21-23-19-22-14(12-28-19)9-18(24)26-6-3/h1,8,10-12H,5-7,9H2,2-3H3,(H,22,23). The lowest BCUT2D eigenvalue weighted by molar-refractivity contribution is -0.142. The van der Waals surface area contributed by atoms with Crippen LogP contribution in [0.1, 0.15) is 25.1 Å². The molecule has 0 spiro atoms. The Kier molecular flexibility index (Phi) is 8.78. The third-order valence-corrected chi connectivity index (χ3v) is 4.70. The van der Waals surface area contributed by atoms with Crippen LogP contribution < -0.4 is 14.9 Å². The molecule has 0 unspecified atom stereocenters. The number of anilines is 1. The van der Waals surface area contributed by atoms with Gasteiger partial charge in [0.2, 0.25) is 5.13 Å². The first kappa shape index (κ1) is 21.7. The van der Waals surface area contributed by atoms with Crippen LogP contribution in [0.25, 0.3) is 0 Å². The quantitative estimate of drug-likeness (QED) is 0.248. The number of halogens is 1. The van der Waals surface area contributed by atoms with Crippen molar-refractivity contribution in [2.24, 2.45) is 5.10 Å². The Morgan fingerprint density at radius 3 is 2.86 bits per heavy atom. The van der Waals surface area contributed by atoms with Crippen LogP contribution in [-0.4, -0.2) is 37.0 Å². The summed E-state index contributed by atoms with van der Waals surface area (Å²) in [5.74, 6) is 3.26. The van der Waals surface area contributed by atoms with Crippen molar-refractivity contribution < 1.29 is 19.0 Å². The Hall–Kier alpha value is -2.57. The molecule has 1 aromatic heterocycles. The van der Waals surface area contributed by atoms with Crippen LogP contribution in [0.5, 0.6) is 11.5 Å². The topological polar surface area (TPSA) is 82.0 Å². The van der Waals surface area contributed by atoms with Gasteiger partial charge in [0.15, 0.2) is 11.5 Å². The lowest BCUT2D eigenvalue weighted by atomic mass is 10.2. The molecule has 148 valence electrons. The highest BCUT2D eigenvalue weighted by molar-refractivity contribution is 9.10. The fourth-order valence-electron chi connectivity index (χ4n) is 2.11.